The van der Waals surface area contributed by atoms with Gasteiger partial charge in [0.25, 0.3) is 5.22 Å². The lowest BCUT2D eigenvalue weighted by Gasteiger charge is -2.34. The number of carbonyl (C=O) groups excluding carboxylic acids is 1. The van der Waals surface area contributed by atoms with Crippen molar-refractivity contribution in [2.45, 2.75) is 11.8 Å². The number of rotatable bonds is 8. The van der Waals surface area contributed by atoms with E-state index < -0.39 is 0 Å². The van der Waals surface area contributed by atoms with Crippen LogP contribution in [0.2, 0.25) is 5.02 Å². The highest BCUT2D eigenvalue weighted by atomic mass is 35.5. The minimum atomic E-state index is 0.0632. The number of aromatic nitrogens is 2. The van der Waals surface area contributed by atoms with Crippen LogP contribution < -0.4 is 9.47 Å². The maximum Gasteiger partial charge on any atom is 0.277 e. The molecule has 0 aliphatic carbocycles. The van der Waals surface area contributed by atoms with Crippen molar-refractivity contribution >= 4 is 29.3 Å². The summed E-state index contributed by atoms with van der Waals surface area (Å²) >= 11 is 7.32. The molecule has 1 saturated heterocycles. The van der Waals surface area contributed by atoms with Gasteiger partial charge < -0.3 is 18.8 Å². The van der Waals surface area contributed by atoms with E-state index in [9.17, 15) is 4.79 Å². The smallest absolute Gasteiger partial charge is 0.277 e. The molecule has 1 fully saturated rings. The Morgan fingerprint density at radius 2 is 1.85 bits per heavy atom. The Labute approximate surface area is 201 Å². The molecule has 4 rings (SSSR count). The third-order valence-electron chi connectivity index (χ3n) is 5.38. The zero-order chi connectivity index (χ0) is 23.2. The molecule has 1 aliphatic rings. The van der Waals surface area contributed by atoms with Crippen molar-refractivity contribution in [3.63, 3.8) is 0 Å². The highest BCUT2D eigenvalue weighted by molar-refractivity contribution is 7.99. The summed E-state index contributed by atoms with van der Waals surface area (Å²) in [6, 6.07) is 13.3. The largest absolute Gasteiger partial charge is 0.493 e. The van der Waals surface area contributed by atoms with Gasteiger partial charge in [0.05, 0.1) is 20.0 Å². The lowest BCUT2D eigenvalue weighted by molar-refractivity contribution is -0.130. The van der Waals surface area contributed by atoms with Crippen LogP contribution in [0.3, 0.4) is 0 Å². The monoisotopic (exact) mass is 488 g/mol. The zero-order valence-electron chi connectivity index (χ0n) is 18.5. The second kappa shape index (κ2) is 10.9. The second-order valence-corrected chi connectivity index (χ2v) is 8.88. The van der Waals surface area contributed by atoms with Gasteiger partial charge in [-0.15, -0.1) is 10.2 Å². The fourth-order valence-electron chi connectivity index (χ4n) is 3.62. The first kappa shape index (κ1) is 23.4. The molecule has 1 aromatic heterocycles. The van der Waals surface area contributed by atoms with Gasteiger partial charge in [0.1, 0.15) is 0 Å². The van der Waals surface area contributed by atoms with Gasteiger partial charge in [0.15, 0.2) is 11.5 Å². The summed E-state index contributed by atoms with van der Waals surface area (Å²) in [5, 5.41) is 9.25. The minimum absolute atomic E-state index is 0.0632. The number of benzene rings is 2. The van der Waals surface area contributed by atoms with Crippen LogP contribution >= 0.6 is 23.4 Å². The number of amides is 1. The van der Waals surface area contributed by atoms with E-state index >= 15 is 0 Å². The van der Waals surface area contributed by atoms with Gasteiger partial charge in [-0.2, -0.15) is 0 Å². The highest BCUT2D eigenvalue weighted by Gasteiger charge is 2.22. The summed E-state index contributed by atoms with van der Waals surface area (Å²) < 4.78 is 16.3. The van der Waals surface area contributed by atoms with E-state index in [1.165, 1.54) is 17.3 Å². The van der Waals surface area contributed by atoms with E-state index in [0.29, 0.717) is 41.3 Å². The van der Waals surface area contributed by atoms with Crippen LogP contribution in [0, 0.1) is 0 Å². The van der Waals surface area contributed by atoms with Crippen molar-refractivity contribution in [1.29, 1.82) is 0 Å². The Hall–Kier alpha value is -2.75. The van der Waals surface area contributed by atoms with Crippen LogP contribution in [0.4, 0.5) is 0 Å². The van der Waals surface area contributed by atoms with Crippen molar-refractivity contribution in [1.82, 2.24) is 20.0 Å². The molecule has 2 aromatic carbocycles. The molecule has 33 heavy (non-hydrogen) atoms. The number of methoxy groups -OCH3 is 2. The summed E-state index contributed by atoms with van der Waals surface area (Å²) in [4.78, 5) is 16.9. The molecular weight excluding hydrogens is 464 g/mol. The van der Waals surface area contributed by atoms with Gasteiger partial charge in [-0.3, -0.25) is 9.69 Å². The first-order valence-electron chi connectivity index (χ1n) is 10.5. The van der Waals surface area contributed by atoms with E-state index in [0.717, 1.165) is 24.7 Å². The molecule has 10 heteroatoms. The number of carbonyl (C=O) groups is 1. The first-order valence-corrected chi connectivity index (χ1v) is 11.9. The van der Waals surface area contributed by atoms with Crippen LogP contribution in [-0.2, 0) is 11.3 Å². The normalized spacial score (nSPS) is 14.3. The van der Waals surface area contributed by atoms with Crippen LogP contribution in [0.15, 0.2) is 52.1 Å². The van der Waals surface area contributed by atoms with Crippen LogP contribution in [0.1, 0.15) is 5.56 Å². The number of halogens is 1. The molecular formula is C23H25ClN4O4S. The molecule has 3 aromatic rings. The standard InChI is InChI=1S/C23H25ClN4O4S/c1-30-19-7-6-17(13-20(19)31-2)22-25-26-23(32-22)33-15-21(29)28-10-8-27(9-11-28)14-16-4-3-5-18(24)12-16/h3-7,12-13H,8-11,14-15H2,1-2H3. The van der Waals surface area contributed by atoms with E-state index in [2.05, 4.69) is 21.2 Å². The predicted molar refractivity (Wildman–Crippen MR) is 127 cm³/mol. The highest BCUT2D eigenvalue weighted by Crippen LogP contribution is 2.32. The lowest BCUT2D eigenvalue weighted by Crippen LogP contribution is -2.48. The van der Waals surface area contributed by atoms with Crippen LogP contribution in [-0.4, -0.2) is 72.1 Å². The van der Waals surface area contributed by atoms with Crippen LogP contribution in [0.25, 0.3) is 11.5 Å². The summed E-state index contributed by atoms with van der Waals surface area (Å²) in [5.41, 5.74) is 1.90. The summed E-state index contributed by atoms with van der Waals surface area (Å²) in [6.07, 6.45) is 0. The molecule has 0 atom stereocenters. The van der Waals surface area contributed by atoms with Crippen molar-refractivity contribution in [2.24, 2.45) is 0 Å². The van der Waals surface area contributed by atoms with E-state index in [1.807, 2.05) is 29.2 Å². The summed E-state index contributed by atoms with van der Waals surface area (Å²) in [7, 11) is 3.15. The molecule has 8 nitrogen and oxygen atoms in total. The molecule has 1 amide bonds. The molecule has 2 heterocycles. The third-order valence-corrected chi connectivity index (χ3v) is 6.41. The summed E-state index contributed by atoms with van der Waals surface area (Å²) in [6.45, 7) is 3.87. The molecule has 174 valence electrons. The Balaban J connectivity index is 1.26. The van der Waals surface area contributed by atoms with Gasteiger partial charge in [0, 0.05) is 43.3 Å². The van der Waals surface area contributed by atoms with Gasteiger partial charge in [-0.25, -0.2) is 0 Å². The molecule has 0 radical (unpaired) electrons. The third kappa shape index (κ3) is 5.98. The second-order valence-electron chi connectivity index (χ2n) is 7.52. The quantitative estimate of drug-likeness (QED) is 0.442. The number of thioether (sulfide) groups is 1. The fraction of sp³-hybridized carbons (Fsp3) is 0.348. The van der Waals surface area contributed by atoms with Gasteiger partial charge in [0.2, 0.25) is 11.8 Å². The fourth-order valence-corrected chi connectivity index (χ4v) is 4.50. The zero-order valence-corrected chi connectivity index (χ0v) is 20.1. The maximum absolute atomic E-state index is 12.7. The number of hydrogen-bond donors (Lipinski definition) is 0. The Bertz CT molecular complexity index is 1100. The average molecular weight is 489 g/mol. The van der Waals surface area contributed by atoms with E-state index in [-0.39, 0.29) is 11.7 Å². The molecule has 0 N–H and O–H groups in total. The van der Waals surface area contributed by atoms with Crippen molar-refractivity contribution in [2.75, 3.05) is 46.2 Å². The number of hydrogen-bond acceptors (Lipinski definition) is 8. The van der Waals surface area contributed by atoms with E-state index in [4.69, 9.17) is 25.5 Å². The SMILES string of the molecule is COc1ccc(-c2nnc(SCC(=O)N3CCN(Cc4cccc(Cl)c4)CC3)o2)cc1OC. The summed E-state index contributed by atoms with van der Waals surface area (Å²) in [5.74, 6) is 1.87. The number of ether oxygens (including phenoxy) is 2. The predicted octanol–water partition coefficient (Wildman–Crippen LogP) is 3.84. The lowest BCUT2D eigenvalue weighted by atomic mass is 10.2. The van der Waals surface area contributed by atoms with Crippen molar-refractivity contribution < 1.29 is 18.7 Å². The Morgan fingerprint density at radius 1 is 1.06 bits per heavy atom. The average Bonchev–Trinajstić information content (AvgIpc) is 3.31. The molecule has 1 aliphatic heterocycles. The Kier molecular flexibility index (Phi) is 7.74. The minimum Gasteiger partial charge on any atom is -0.493 e. The van der Waals surface area contributed by atoms with Gasteiger partial charge >= 0.3 is 0 Å². The van der Waals surface area contributed by atoms with Gasteiger partial charge in [-0.1, -0.05) is 35.5 Å². The first-order chi connectivity index (χ1) is 16.1. The van der Waals surface area contributed by atoms with E-state index in [1.54, 1.807) is 26.4 Å². The molecule has 0 spiro atoms. The van der Waals surface area contributed by atoms with Gasteiger partial charge in [-0.05, 0) is 35.9 Å². The number of nitrogens with zero attached hydrogens (tertiary/aromatic N) is 4. The van der Waals surface area contributed by atoms with Crippen molar-refractivity contribution in [3.05, 3.63) is 53.1 Å². The molecule has 0 unspecified atom stereocenters. The topological polar surface area (TPSA) is 80.9 Å². The number of piperazine rings is 1. The van der Waals surface area contributed by atoms with Crippen molar-refractivity contribution in [3.8, 4) is 23.0 Å². The molecule has 0 saturated carbocycles. The molecule has 0 bridgehead atoms. The maximum atomic E-state index is 12.7. The Morgan fingerprint density at radius 3 is 2.58 bits per heavy atom. The van der Waals surface area contributed by atoms with Crippen LogP contribution in [0.5, 0.6) is 11.5 Å².